The second-order valence-electron chi connectivity index (χ2n) is 2.30. The SMILES string of the molecule is NCC(O)(C(N)=O)C(O)C(N)=O. The van der Waals surface area contributed by atoms with Crippen molar-refractivity contribution in [1.29, 1.82) is 0 Å². The average Bonchev–Trinajstić information content (AvgIpc) is 2.01. The van der Waals surface area contributed by atoms with Crippen LogP contribution in [-0.4, -0.2) is 40.3 Å². The molecule has 0 rings (SSSR count). The van der Waals surface area contributed by atoms with Crippen molar-refractivity contribution < 1.29 is 19.8 Å². The topological polar surface area (TPSA) is 153 Å². The highest BCUT2D eigenvalue weighted by molar-refractivity contribution is 5.92. The lowest BCUT2D eigenvalue weighted by Crippen LogP contribution is -2.61. The standard InChI is InChI=1S/C5H11N3O4/c6-1-5(12,4(8)11)2(9)3(7)10/h2,9,12H,1,6H2,(H2,7,10)(H2,8,11). The summed E-state index contributed by atoms with van der Waals surface area (Å²) in [4.78, 5) is 20.9. The van der Waals surface area contributed by atoms with Crippen LogP contribution in [-0.2, 0) is 9.59 Å². The van der Waals surface area contributed by atoms with Gasteiger partial charge in [-0.25, -0.2) is 0 Å². The van der Waals surface area contributed by atoms with Crippen LogP contribution in [0.25, 0.3) is 0 Å². The van der Waals surface area contributed by atoms with Gasteiger partial charge >= 0.3 is 0 Å². The van der Waals surface area contributed by atoms with Gasteiger partial charge in [-0.15, -0.1) is 0 Å². The third-order valence-electron chi connectivity index (χ3n) is 1.46. The summed E-state index contributed by atoms with van der Waals surface area (Å²) in [7, 11) is 0. The molecule has 2 unspecified atom stereocenters. The molecule has 0 heterocycles. The van der Waals surface area contributed by atoms with Crippen molar-refractivity contribution in [1.82, 2.24) is 0 Å². The van der Waals surface area contributed by atoms with Gasteiger partial charge in [-0.05, 0) is 0 Å². The quantitative estimate of drug-likeness (QED) is 0.296. The van der Waals surface area contributed by atoms with Gasteiger partial charge in [-0.1, -0.05) is 0 Å². The summed E-state index contributed by atoms with van der Waals surface area (Å²) in [5, 5.41) is 18.1. The molecule has 70 valence electrons. The van der Waals surface area contributed by atoms with Gasteiger partial charge in [0.15, 0.2) is 11.7 Å². The Morgan fingerprint density at radius 2 is 1.83 bits per heavy atom. The molecule has 0 saturated heterocycles. The molecule has 0 bridgehead atoms. The molecule has 0 aliphatic carbocycles. The van der Waals surface area contributed by atoms with Crippen LogP contribution in [0.4, 0.5) is 0 Å². The van der Waals surface area contributed by atoms with Crippen LogP contribution in [0.2, 0.25) is 0 Å². The van der Waals surface area contributed by atoms with Crippen LogP contribution in [0.1, 0.15) is 0 Å². The van der Waals surface area contributed by atoms with E-state index in [-0.39, 0.29) is 0 Å². The van der Waals surface area contributed by atoms with Gasteiger partial charge in [0.2, 0.25) is 5.91 Å². The van der Waals surface area contributed by atoms with Crippen molar-refractivity contribution >= 4 is 11.8 Å². The maximum atomic E-state index is 10.5. The lowest BCUT2D eigenvalue weighted by Gasteiger charge is -2.25. The van der Waals surface area contributed by atoms with Crippen molar-refractivity contribution in [2.45, 2.75) is 11.7 Å². The third-order valence-corrected chi connectivity index (χ3v) is 1.46. The van der Waals surface area contributed by atoms with Crippen LogP contribution in [0.3, 0.4) is 0 Å². The summed E-state index contributed by atoms with van der Waals surface area (Å²) in [5.41, 5.74) is 11.8. The fraction of sp³-hybridized carbons (Fsp3) is 0.600. The van der Waals surface area contributed by atoms with Gasteiger partial charge in [-0.3, -0.25) is 9.59 Å². The molecule has 0 aliphatic rings. The second-order valence-corrected chi connectivity index (χ2v) is 2.30. The molecule has 0 aromatic carbocycles. The molecule has 0 fully saturated rings. The number of aliphatic hydroxyl groups is 2. The van der Waals surface area contributed by atoms with Crippen LogP contribution in [0.15, 0.2) is 0 Å². The Hall–Kier alpha value is -1.18. The molecular weight excluding hydrogens is 166 g/mol. The Morgan fingerprint density at radius 1 is 1.42 bits per heavy atom. The monoisotopic (exact) mass is 177 g/mol. The zero-order valence-electron chi connectivity index (χ0n) is 6.23. The van der Waals surface area contributed by atoms with E-state index >= 15 is 0 Å². The number of amides is 2. The van der Waals surface area contributed by atoms with Gasteiger partial charge < -0.3 is 27.4 Å². The number of hydrogen-bond acceptors (Lipinski definition) is 5. The van der Waals surface area contributed by atoms with Crippen molar-refractivity contribution in [2.75, 3.05) is 6.54 Å². The molecule has 0 radical (unpaired) electrons. The van der Waals surface area contributed by atoms with Crippen molar-refractivity contribution in [2.24, 2.45) is 17.2 Å². The molecule has 2 amide bonds. The number of carbonyl (C=O) groups excluding carboxylic acids is 2. The second kappa shape index (κ2) is 3.48. The van der Waals surface area contributed by atoms with Crippen molar-refractivity contribution in [3.05, 3.63) is 0 Å². The molecule has 0 saturated carbocycles. The summed E-state index contributed by atoms with van der Waals surface area (Å²) in [5.74, 6) is -2.56. The van der Waals surface area contributed by atoms with E-state index in [1.165, 1.54) is 0 Å². The Balaban J connectivity index is 4.75. The fourth-order valence-electron chi connectivity index (χ4n) is 0.582. The first-order chi connectivity index (χ1) is 5.36. The third kappa shape index (κ3) is 1.70. The summed E-state index contributed by atoms with van der Waals surface area (Å²) < 4.78 is 0. The average molecular weight is 177 g/mol. The molecule has 0 spiro atoms. The minimum Gasteiger partial charge on any atom is -0.380 e. The number of primary amides is 2. The van der Waals surface area contributed by atoms with E-state index in [2.05, 4.69) is 11.5 Å². The normalized spacial score (nSPS) is 17.9. The number of carbonyl (C=O) groups is 2. The molecule has 8 N–H and O–H groups in total. The van der Waals surface area contributed by atoms with E-state index in [0.29, 0.717) is 0 Å². The highest BCUT2D eigenvalue weighted by Gasteiger charge is 2.43. The minimum absolute atomic E-state index is 0.674. The number of nitrogens with two attached hydrogens (primary N) is 3. The van der Waals surface area contributed by atoms with E-state index in [4.69, 9.17) is 10.8 Å². The molecule has 12 heavy (non-hydrogen) atoms. The summed E-state index contributed by atoms with van der Waals surface area (Å²) in [6, 6.07) is 0. The molecule has 0 aliphatic heterocycles. The predicted octanol–water partition coefficient (Wildman–Crippen LogP) is -3.99. The molecule has 0 aromatic heterocycles. The van der Waals surface area contributed by atoms with Crippen molar-refractivity contribution in [3.63, 3.8) is 0 Å². The molecule has 2 atom stereocenters. The van der Waals surface area contributed by atoms with E-state index in [0.717, 1.165) is 0 Å². The number of hydrogen-bond donors (Lipinski definition) is 5. The Kier molecular flexibility index (Phi) is 3.14. The van der Waals surface area contributed by atoms with Gasteiger partial charge in [0.1, 0.15) is 0 Å². The smallest absolute Gasteiger partial charge is 0.254 e. The Morgan fingerprint density at radius 3 is 1.92 bits per heavy atom. The highest BCUT2D eigenvalue weighted by Crippen LogP contribution is 2.07. The first-order valence-corrected chi connectivity index (χ1v) is 3.06. The maximum Gasteiger partial charge on any atom is 0.254 e. The van der Waals surface area contributed by atoms with Gasteiger partial charge in [-0.2, -0.15) is 0 Å². The van der Waals surface area contributed by atoms with Crippen molar-refractivity contribution in [3.8, 4) is 0 Å². The van der Waals surface area contributed by atoms with Crippen LogP contribution in [0, 0.1) is 0 Å². The van der Waals surface area contributed by atoms with E-state index in [9.17, 15) is 14.7 Å². The minimum atomic E-state index is -2.48. The maximum absolute atomic E-state index is 10.5. The summed E-state index contributed by atoms with van der Waals surface area (Å²) in [6.45, 7) is -0.674. The van der Waals surface area contributed by atoms with E-state index in [1.54, 1.807) is 0 Å². The Labute approximate surface area is 68.1 Å². The lowest BCUT2D eigenvalue weighted by atomic mass is 9.95. The van der Waals surface area contributed by atoms with Gasteiger partial charge in [0.25, 0.3) is 5.91 Å². The van der Waals surface area contributed by atoms with Gasteiger partial charge in [0.05, 0.1) is 0 Å². The lowest BCUT2D eigenvalue weighted by molar-refractivity contribution is -0.156. The summed E-state index contributed by atoms with van der Waals surface area (Å²) >= 11 is 0. The van der Waals surface area contributed by atoms with Crippen LogP contribution in [0.5, 0.6) is 0 Å². The summed E-state index contributed by atoms with van der Waals surface area (Å²) in [6.07, 6.45) is -2.08. The zero-order valence-corrected chi connectivity index (χ0v) is 6.23. The number of rotatable bonds is 4. The first-order valence-electron chi connectivity index (χ1n) is 3.06. The Bertz CT molecular complexity index is 207. The van der Waals surface area contributed by atoms with E-state index < -0.39 is 30.1 Å². The van der Waals surface area contributed by atoms with Crippen LogP contribution >= 0.6 is 0 Å². The predicted molar refractivity (Wildman–Crippen MR) is 38.4 cm³/mol. The number of aliphatic hydroxyl groups excluding tert-OH is 1. The molecule has 0 aromatic rings. The highest BCUT2D eigenvalue weighted by atomic mass is 16.4. The fourth-order valence-corrected chi connectivity index (χ4v) is 0.582. The molecular formula is C5H11N3O4. The van der Waals surface area contributed by atoms with Gasteiger partial charge in [0, 0.05) is 6.54 Å². The van der Waals surface area contributed by atoms with E-state index in [1.807, 2.05) is 0 Å². The molecule has 7 heteroatoms. The first kappa shape index (κ1) is 10.8. The van der Waals surface area contributed by atoms with Crippen LogP contribution < -0.4 is 17.2 Å². The zero-order chi connectivity index (χ0) is 9.94. The largest absolute Gasteiger partial charge is 0.380 e. The molecule has 7 nitrogen and oxygen atoms in total.